The van der Waals surface area contributed by atoms with E-state index in [2.05, 4.69) is 4.98 Å². The first-order chi connectivity index (χ1) is 9.99. The summed E-state index contributed by atoms with van der Waals surface area (Å²) in [6.45, 7) is 1.68. The van der Waals surface area contributed by atoms with E-state index in [1.54, 1.807) is 25.1 Å². The molecule has 1 N–H and O–H groups in total. The highest BCUT2D eigenvalue weighted by Gasteiger charge is 2.21. The Hall–Kier alpha value is -2.04. The number of halogens is 2. The fraction of sp³-hybridized carbons (Fsp3) is 0.0667. The first-order valence-electron chi connectivity index (χ1n) is 6.05. The first kappa shape index (κ1) is 13.9. The maximum Gasteiger partial charge on any atom is 0.336 e. The zero-order valence-electron chi connectivity index (χ0n) is 10.9. The fourth-order valence-corrected chi connectivity index (χ4v) is 2.85. The molecule has 3 aromatic rings. The molecule has 0 saturated heterocycles. The van der Waals surface area contributed by atoms with Crippen LogP contribution in [0.3, 0.4) is 0 Å². The SMILES string of the molecule is Cc1c(-c2ccco2)nc2c(Cl)cc(Cl)cc2c1C(=O)O. The van der Waals surface area contributed by atoms with E-state index in [0.29, 0.717) is 38.0 Å². The predicted octanol–water partition coefficient (Wildman–Crippen LogP) is 4.81. The number of fused-ring (bicyclic) bond motifs is 1. The van der Waals surface area contributed by atoms with Crippen LogP contribution in [-0.4, -0.2) is 16.1 Å². The number of hydrogen-bond donors (Lipinski definition) is 1. The lowest BCUT2D eigenvalue weighted by atomic mass is 10.0. The highest BCUT2D eigenvalue weighted by molar-refractivity contribution is 6.38. The number of aromatic nitrogens is 1. The van der Waals surface area contributed by atoms with Gasteiger partial charge >= 0.3 is 5.97 Å². The normalized spacial score (nSPS) is 11.0. The van der Waals surface area contributed by atoms with Crippen molar-refractivity contribution in [2.45, 2.75) is 6.92 Å². The summed E-state index contributed by atoms with van der Waals surface area (Å²) in [7, 11) is 0. The number of pyridine rings is 1. The average molecular weight is 322 g/mol. The smallest absolute Gasteiger partial charge is 0.336 e. The van der Waals surface area contributed by atoms with Gasteiger partial charge in [0, 0.05) is 10.4 Å². The number of carboxylic acid groups (broad SMARTS) is 1. The molecule has 0 saturated carbocycles. The van der Waals surface area contributed by atoms with E-state index in [1.165, 1.54) is 12.3 Å². The van der Waals surface area contributed by atoms with E-state index in [1.807, 2.05) is 0 Å². The monoisotopic (exact) mass is 321 g/mol. The minimum absolute atomic E-state index is 0.121. The van der Waals surface area contributed by atoms with Crippen molar-refractivity contribution in [3.63, 3.8) is 0 Å². The third-order valence-electron chi connectivity index (χ3n) is 3.22. The van der Waals surface area contributed by atoms with Gasteiger partial charge in [-0.25, -0.2) is 9.78 Å². The molecule has 0 aliphatic heterocycles. The molecule has 21 heavy (non-hydrogen) atoms. The fourth-order valence-electron chi connectivity index (χ4n) is 2.32. The molecule has 1 aromatic carbocycles. The van der Waals surface area contributed by atoms with Gasteiger partial charge in [-0.1, -0.05) is 23.2 Å². The van der Waals surface area contributed by atoms with Gasteiger partial charge < -0.3 is 9.52 Å². The molecular formula is C15H9Cl2NO3. The average Bonchev–Trinajstić information content (AvgIpc) is 2.91. The molecular weight excluding hydrogens is 313 g/mol. The molecule has 0 spiro atoms. The second kappa shape index (κ2) is 5.06. The van der Waals surface area contributed by atoms with E-state index in [0.717, 1.165) is 0 Å². The number of nitrogens with zero attached hydrogens (tertiary/aromatic N) is 1. The molecule has 0 aliphatic carbocycles. The number of carboxylic acids is 1. The van der Waals surface area contributed by atoms with Gasteiger partial charge in [0.05, 0.1) is 22.4 Å². The summed E-state index contributed by atoms with van der Waals surface area (Å²) < 4.78 is 5.32. The van der Waals surface area contributed by atoms with Gasteiger partial charge in [-0.3, -0.25) is 0 Å². The summed E-state index contributed by atoms with van der Waals surface area (Å²) in [5.41, 5.74) is 1.46. The van der Waals surface area contributed by atoms with Gasteiger partial charge in [-0.2, -0.15) is 0 Å². The lowest BCUT2D eigenvalue weighted by Crippen LogP contribution is -2.05. The molecule has 0 fully saturated rings. The quantitative estimate of drug-likeness (QED) is 0.735. The molecule has 0 amide bonds. The van der Waals surface area contributed by atoms with E-state index >= 15 is 0 Å². The van der Waals surface area contributed by atoms with Crippen LogP contribution in [0.4, 0.5) is 0 Å². The second-order valence-corrected chi connectivity index (χ2v) is 5.37. The Morgan fingerprint density at radius 1 is 1.33 bits per heavy atom. The molecule has 0 aliphatic rings. The van der Waals surface area contributed by atoms with Crippen LogP contribution in [-0.2, 0) is 0 Å². The largest absolute Gasteiger partial charge is 0.478 e. The van der Waals surface area contributed by atoms with Gasteiger partial charge in [0.15, 0.2) is 5.76 Å². The van der Waals surface area contributed by atoms with Crippen molar-refractivity contribution in [3.05, 3.63) is 51.7 Å². The highest BCUT2D eigenvalue weighted by atomic mass is 35.5. The molecule has 0 atom stereocenters. The summed E-state index contributed by atoms with van der Waals surface area (Å²) >= 11 is 12.1. The Morgan fingerprint density at radius 2 is 2.10 bits per heavy atom. The highest BCUT2D eigenvalue weighted by Crippen LogP contribution is 2.34. The minimum Gasteiger partial charge on any atom is -0.478 e. The Balaban J connectivity index is 2.48. The van der Waals surface area contributed by atoms with Crippen LogP contribution in [0.1, 0.15) is 15.9 Å². The zero-order valence-corrected chi connectivity index (χ0v) is 12.4. The Kier molecular flexibility index (Phi) is 3.35. The molecule has 3 rings (SSSR count). The van der Waals surface area contributed by atoms with Crippen molar-refractivity contribution in [1.29, 1.82) is 0 Å². The van der Waals surface area contributed by atoms with Crippen molar-refractivity contribution in [2.24, 2.45) is 0 Å². The number of carbonyl (C=O) groups is 1. The van der Waals surface area contributed by atoms with Crippen molar-refractivity contribution < 1.29 is 14.3 Å². The van der Waals surface area contributed by atoms with Crippen LogP contribution in [0.5, 0.6) is 0 Å². The van der Waals surface area contributed by atoms with Gasteiger partial charge in [0.1, 0.15) is 5.69 Å². The molecule has 0 unspecified atom stereocenters. The van der Waals surface area contributed by atoms with Crippen molar-refractivity contribution >= 4 is 40.1 Å². The van der Waals surface area contributed by atoms with Crippen LogP contribution in [0, 0.1) is 6.92 Å². The minimum atomic E-state index is -1.06. The Bertz CT molecular complexity index is 857. The maximum atomic E-state index is 11.6. The molecule has 0 radical (unpaired) electrons. The van der Waals surface area contributed by atoms with Crippen molar-refractivity contribution in [2.75, 3.05) is 0 Å². The van der Waals surface area contributed by atoms with E-state index < -0.39 is 5.97 Å². The number of hydrogen-bond acceptors (Lipinski definition) is 3. The number of rotatable bonds is 2. The molecule has 6 heteroatoms. The summed E-state index contributed by atoms with van der Waals surface area (Å²) in [4.78, 5) is 16.1. The van der Waals surface area contributed by atoms with Crippen LogP contribution in [0.2, 0.25) is 10.0 Å². The van der Waals surface area contributed by atoms with Crippen LogP contribution >= 0.6 is 23.2 Å². The number of aromatic carboxylic acids is 1. The molecule has 2 aromatic heterocycles. The van der Waals surface area contributed by atoms with Gasteiger partial charge in [0.25, 0.3) is 0 Å². The lowest BCUT2D eigenvalue weighted by molar-refractivity contribution is 0.0698. The molecule has 2 heterocycles. The van der Waals surface area contributed by atoms with Crippen molar-refractivity contribution in [3.8, 4) is 11.5 Å². The maximum absolute atomic E-state index is 11.6. The number of benzene rings is 1. The summed E-state index contributed by atoms with van der Waals surface area (Å²) in [6.07, 6.45) is 1.50. The lowest BCUT2D eigenvalue weighted by Gasteiger charge is -2.11. The standard InChI is InChI=1S/C15H9Cl2NO3/c1-7-12(15(19)20)9-5-8(16)6-10(17)14(9)18-13(7)11-3-2-4-21-11/h2-6H,1H3,(H,19,20). The Labute approximate surface area is 129 Å². The van der Waals surface area contributed by atoms with E-state index in [4.69, 9.17) is 27.6 Å². The van der Waals surface area contributed by atoms with Gasteiger partial charge in [-0.05, 0) is 36.8 Å². The first-order valence-corrected chi connectivity index (χ1v) is 6.81. The van der Waals surface area contributed by atoms with Crippen molar-refractivity contribution in [1.82, 2.24) is 4.98 Å². The van der Waals surface area contributed by atoms with Crippen LogP contribution < -0.4 is 0 Å². The van der Waals surface area contributed by atoms with Crippen LogP contribution in [0.15, 0.2) is 34.9 Å². The molecule has 106 valence electrons. The molecule has 0 bridgehead atoms. The second-order valence-electron chi connectivity index (χ2n) is 4.53. The third kappa shape index (κ3) is 2.26. The zero-order chi connectivity index (χ0) is 15.1. The topological polar surface area (TPSA) is 63.3 Å². The third-order valence-corrected chi connectivity index (χ3v) is 3.73. The summed E-state index contributed by atoms with van der Waals surface area (Å²) in [5, 5.41) is 10.6. The number of furan rings is 1. The van der Waals surface area contributed by atoms with E-state index in [9.17, 15) is 9.90 Å². The molecule has 4 nitrogen and oxygen atoms in total. The van der Waals surface area contributed by atoms with Gasteiger partial charge in [0.2, 0.25) is 0 Å². The predicted molar refractivity (Wildman–Crippen MR) is 81.2 cm³/mol. The Morgan fingerprint density at radius 3 is 2.71 bits per heavy atom. The van der Waals surface area contributed by atoms with Gasteiger partial charge in [-0.15, -0.1) is 0 Å². The van der Waals surface area contributed by atoms with Crippen LogP contribution in [0.25, 0.3) is 22.4 Å². The summed E-state index contributed by atoms with van der Waals surface area (Å²) in [5.74, 6) is -0.575. The van der Waals surface area contributed by atoms with E-state index in [-0.39, 0.29) is 5.56 Å². The summed E-state index contributed by atoms with van der Waals surface area (Å²) in [6, 6.07) is 6.52.